The summed E-state index contributed by atoms with van der Waals surface area (Å²) in [5, 5.41) is 3.41. The first kappa shape index (κ1) is 16.1. The summed E-state index contributed by atoms with van der Waals surface area (Å²) in [6, 6.07) is 10.7. The molecule has 1 aliphatic carbocycles. The lowest BCUT2D eigenvalue weighted by molar-refractivity contribution is 0.679. The summed E-state index contributed by atoms with van der Waals surface area (Å²) in [7, 11) is 0. The van der Waals surface area contributed by atoms with Crippen LogP contribution in [-0.4, -0.2) is 23.1 Å². The Hall–Kier alpha value is -2.36. The largest absolute Gasteiger partial charge is 0.354 e. The third-order valence-electron chi connectivity index (χ3n) is 5.14. The molecule has 130 valence electrons. The number of nitrogens with zero attached hydrogens (tertiary/aromatic N) is 3. The number of aryl methyl sites for hydroxylation is 1. The van der Waals surface area contributed by atoms with Gasteiger partial charge in [0.05, 0.1) is 0 Å². The van der Waals surface area contributed by atoms with Crippen LogP contribution in [0.15, 0.2) is 48.2 Å². The lowest BCUT2D eigenvalue weighted by Gasteiger charge is -2.30. The molecular formula is C21H26N4. The van der Waals surface area contributed by atoms with Crippen molar-refractivity contribution in [2.24, 2.45) is 0 Å². The van der Waals surface area contributed by atoms with E-state index in [-0.39, 0.29) is 0 Å². The van der Waals surface area contributed by atoms with Gasteiger partial charge in [-0.05, 0) is 62.6 Å². The molecule has 0 fully saturated rings. The van der Waals surface area contributed by atoms with Gasteiger partial charge in [0.2, 0.25) is 5.95 Å². The van der Waals surface area contributed by atoms with Gasteiger partial charge in [-0.1, -0.05) is 29.8 Å². The minimum Gasteiger partial charge on any atom is -0.354 e. The molecule has 0 saturated carbocycles. The number of nitrogens with one attached hydrogen (secondary N) is 1. The van der Waals surface area contributed by atoms with Crippen LogP contribution in [0.4, 0.5) is 17.5 Å². The highest BCUT2D eigenvalue weighted by molar-refractivity contribution is 5.65. The van der Waals surface area contributed by atoms with Crippen molar-refractivity contribution >= 4 is 17.5 Å². The molecule has 25 heavy (non-hydrogen) atoms. The second kappa shape index (κ2) is 7.68. The Balaban J connectivity index is 1.44. The van der Waals surface area contributed by atoms with Crippen LogP contribution in [0.3, 0.4) is 0 Å². The zero-order valence-electron chi connectivity index (χ0n) is 14.7. The van der Waals surface area contributed by atoms with Crippen molar-refractivity contribution in [3.8, 4) is 0 Å². The van der Waals surface area contributed by atoms with Crippen LogP contribution < -0.4 is 10.2 Å². The Morgan fingerprint density at radius 3 is 2.92 bits per heavy atom. The van der Waals surface area contributed by atoms with Gasteiger partial charge >= 0.3 is 0 Å². The molecule has 1 aliphatic heterocycles. The van der Waals surface area contributed by atoms with Crippen molar-refractivity contribution in [2.45, 2.75) is 44.9 Å². The lowest BCUT2D eigenvalue weighted by atomic mass is 9.97. The molecule has 2 aliphatic rings. The smallest absolute Gasteiger partial charge is 0.224 e. The molecule has 1 N–H and O–H groups in total. The Morgan fingerprint density at radius 2 is 2.00 bits per heavy atom. The van der Waals surface area contributed by atoms with Gasteiger partial charge in [-0.3, -0.25) is 0 Å². The van der Waals surface area contributed by atoms with Gasteiger partial charge < -0.3 is 10.2 Å². The van der Waals surface area contributed by atoms with E-state index in [4.69, 9.17) is 4.98 Å². The van der Waals surface area contributed by atoms with E-state index in [1.165, 1.54) is 36.9 Å². The van der Waals surface area contributed by atoms with Crippen LogP contribution >= 0.6 is 0 Å². The molecule has 0 spiro atoms. The van der Waals surface area contributed by atoms with Gasteiger partial charge in [-0.2, -0.15) is 4.98 Å². The molecule has 0 radical (unpaired) electrons. The summed E-state index contributed by atoms with van der Waals surface area (Å²) in [5.74, 6) is 1.72. The van der Waals surface area contributed by atoms with Gasteiger partial charge in [-0.25, -0.2) is 4.98 Å². The maximum atomic E-state index is 4.76. The second-order valence-electron chi connectivity index (χ2n) is 6.91. The van der Waals surface area contributed by atoms with Crippen molar-refractivity contribution in [1.29, 1.82) is 0 Å². The SMILES string of the molecule is C1=C(CCNc2nccc(N3CCCc4ccccc43)n2)CCCC1. The molecule has 0 amide bonds. The molecule has 4 nitrogen and oxygen atoms in total. The number of fused-ring (bicyclic) bond motifs is 1. The van der Waals surface area contributed by atoms with Crippen molar-refractivity contribution in [3.63, 3.8) is 0 Å². The van der Waals surface area contributed by atoms with E-state index < -0.39 is 0 Å². The monoisotopic (exact) mass is 334 g/mol. The van der Waals surface area contributed by atoms with Crippen molar-refractivity contribution in [3.05, 3.63) is 53.7 Å². The third-order valence-corrected chi connectivity index (χ3v) is 5.14. The minimum absolute atomic E-state index is 0.733. The second-order valence-corrected chi connectivity index (χ2v) is 6.91. The normalized spacial score (nSPS) is 17.0. The molecule has 1 aromatic heterocycles. The summed E-state index contributed by atoms with van der Waals surface area (Å²) in [4.78, 5) is 11.5. The fraction of sp³-hybridized carbons (Fsp3) is 0.429. The van der Waals surface area contributed by atoms with E-state index in [0.717, 1.165) is 44.1 Å². The highest BCUT2D eigenvalue weighted by Crippen LogP contribution is 2.32. The number of para-hydroxylation sites is 1. The van der Waals surface area contributed by atoms with Crippen LogP contribution in [0, 0.1) is 0 Å². The van der Waals surface area contributed by atoms with Crippen LogP contribution in [0.25, 0.3) is 0 Å². The summed E-state index contributed by atoms with van der Waals surface area (Å²) in [6.07, 6.45) is 12.9. The summed E-state index contributed by atoms with van der Waals surface area (Å²) in [5.41, 5.74) is 4.27. The van der Waals surface area contributed by atoms with Crippen molar-refractivity contribution < 1.29 is 0 Å². The maximum absolute atomic E-state index is 4.76. The number of rotatable bonds is 5. The van der Waals surface area contributed by atoms with Gasteiger partial charge in [0.25, 0.3) is 0 Å². The minimum atomic E-state index is 0.733. The highest BCUT2D eigenvalue weighted by Gasteiger charge is 2.19. The standard InChI is InChI=1S/C21H26N4/c1-2-7-17(8-3-1)12-14-22-21-23-15-13-20(24-21)25-16-6-10-18-9-4-5-11-19(18)25/h4-5,7,9,11,13,15H,1-3,6,8,10,12,14,16H2,(H,22,23,24). The van der Waals surface area contributed by atoms with Gasteiger partial charge in [0.15, 0.2) is 0 Å². The molecule has 2 heterocycles. The van der Waals surface area contributed by atoms with E-state index in [9.17, 15) is 0 Å². The van der Waals surface area contributed by atoms with Crippen LogP contribution in [-0.2, 0) is 6.42 Å². The topological polar surface area (TPSA) is 41.1 Å². The van der Waals surface area contributed by atoms with E-state index in [1.54, 1.807) is 5.57 Å². The predicted molar refractivity (Wildman–Crippen MR) is 103 cm³/mol. The number of benzene rings is 1. The first-order chi connectivity index (χ1) is 12.4. The van der Waals surface area contributed by atoms with Gasteiger partial charge in [0, 0.05) is 25.0 Å². The average molecular weight is 334 g/mol. The summed E-state index contributed by atoms with van der Waals surface area (Å²) >= 11 is 0. The lowest BCUT2D eigenvalue weighted by Crippen LogP contribution is -2.25. The Labute approximate surface area is 150 Å². The van der Waals surface area contributed by atoms with Crippen LogP contribution in [0.2, 0.25) is 0 Å². The third kappa shape index (κ3) is 3.84. The summed E-state index contributed by atoms with van der Waals surface area (Å²) in [6.45, 7) is 1.92. The first-order valence-electron chi connectivity index (χ1n) is 9.50. The molecule has 4 heteroatoms. The zero-order valence-corrected chi connectivity index (χ0v) is 14.7. The van der Waals surface area contributed by atoms with E-state index in [0.29, 0.717) is 0 Å². The fourth-order valence-corrected chi connectivity index (χ4v) is 3.82. The molecule has 2 aromatic rings. The van der Waals surface area contributed by atoms with Crippen molar-refractivity contribution in [1.82, 2.24) is 9.97 Å². The van der Waals surface area contributed by atoms with E-state index >= 15 is 0 Å². The molecule has 4 rings (SSSR count). The van der Waals surface area contributed by atoms with E-state index in [1.807, 2.05) is 12.3 Å². The number of allylic oxidation sites excluding steroid dienone is 1. The Kier molecular flexibility index (Phi) is 4.96. The molecule has 0 saturated heterocycles. The van der Waals surface area contributed by atoms with Gasteiger partial charge in [-0.15, -0.1) is 0 Å². The molecule has 0 atom stereocenters. The van der Waals surface area contributed by atoms with E-state index in [2.05, 4.69) is 45.5 Å². The first-order valence-corrected chi connectivity index (χ1v) is 9.50. The van der Waals surface area contributed by atoms with Gasteiger partial charge in [0.1, 0.15) is 5.82 Å². The predicted octanol–water partition coefficient (Wildman–Crippen LogP) is 4.86. The van der Waals surface area contributed by atoms with Crippen molar-refractivity contribution in [2.75, 3.05) is 23.3 Å². The molecular weight excluding hydrogens is 308 g/mol. The number of hydrogen-bond donors (Lipinski definition) is 1. The fourth-order valence-electron chi connectivity index (χ4n) is 3.82. The molecule has 0 bridgehead atoms. The zero-order chi connectivity index (χ0) is 16.9. The quantitative estimate of drug-likeness (QED) is 0.793. The molecule has 1 aromatic carbocycles. The van der Waals surface area contributed by atoms with Crippen LogP contribution in [0.5, 0.6) is 0 Å². The van der Waals surface area contributed by atoms with Crippen LogP contribution in [0.1, 0.15) is 44.1 Å². The highest BCUT2D eigenvalue weighted by atomic mass is 15.2. The Morgan fingerprint density at radius 1 is 1.04 bits per heavy atom. The number of hydrogen-bond acceptors (Lipinski definition) is 4. The summed E-state index contributed by atoms with van der Waals surface area (Å²) < 4.78 is 0. The number of anilines is 3. The average Bonchev–Trinajstić information content (AvgIpc) is 2.69. The molecule has 0 unspecified atom stereocenters. The maximum Gasteiger partial charge on any atom is 0.224 e. The Bertz CT molecular complexity index is 753. The number of aromatic nitrogens is 2.